The first-order valence-corrected chi connectivity index (χ1v) is 8.01. The van der Waals surface area contributed by atoms with E-state index in [9.17, 15) is 9.59 Å². The molecule has 0 fully saturated rings. The minimum absolute atomic E-state index is 0.122. The fraction of sp³-hybridized carbons (Fsp3) is 0.263. The molecule has 1 atom stereocenters. The fourth-order valence-corrected chi connectivity index (χ4v) is 2.23. The third-order valence-corrected chi connectivity index (χ3v) is 3.66. The zero-order valence-corrected chi connectivity index (χ0v) is 14.6. The van der Waals surface area contributed by atoms with Gasteiger partial charge in [-0.25, -0.2) is 0 Å². The number of primary amides is 1. The third kappa shape index (κ3) is 5.53. The van der Waals surface area contributed by atoms with Crippen LogP contribution >= 0.6 is 0 Å². The smallest absolute Gasteiger partial charge is 0.255 e. The Morgan fingerprint density at radius 1 is 1.12 bits per heavy atom. The average Bonchev–Trinajstić information content (AvgIpc) is 2.57. The molecule has 6 nitrogen and oxygen atoms in total. The number of nitrogens with two attached hydrogens (primary N) is 1. The van der Waals surface area contributed by atoms with Crippen LogP contribution in [0.4, 0.5) is 11.4 Å². The Hall–Kier alpha value is -3.02. The highest BCUT2D eigenvalue weighted by Crippen LogP contribution is 2.19. The SMILES string of the molecule is Cc1ccc(C)c(NC(=O)[C@H](C)Nc2ccc(OCC(N)=O)cc2)c1. The van der Waals surface area contributed by atoms with Crippen molar-refractivity contribution in [2.75, 3.05) is 17.2 Å². The van der Waals surface area contributed by atoms with Gasteiger partial charge in [0.05, 0.1) is 0 Å². The number of hydrogen-bond donors (Lipinski definition) is 3. The molecule has 0 saturated carbocycles. The summed E-state index contributed by atoms with van der Waals surface area (Å²) in [5, 5.41) is 6.07. The number of carbonyl (C=O) groups excluding carboxylic acids is 2. The van der Waals surface area contributed by atoms with Crippen molar-refractivity contribution in [2.24, 2.45) is 5.73 Å². The molecule has 25 heavy (non-hydrogen) atoms. The number of carbonyl (C=O) groups is 2. The standard InChI is InChI=1S/C19H23N3O3/c1-12-4-5-13(2)17(10-12)22-19(24)14(3)21-15-6-8-16(9-7-15)25-11-18(20)23/h4-10,14,21H,11H2,1-3H3,(H2,20,23)(H,22,24)/t14-/m0/s1. The first-order valence-electron chi connectivity index (χ1n) is 8.01. The Morgan fingerprint density at radius 3 is 2.44 bits per heavy atom. The number of hydrogen-bond acceptors (Lipinski definition) is 4. The summed E-state index contributed by atoms with van der Waals surface area (Å²) in [7, 11) is 0. The van der Waals surface area contributed by atoms with Gasteiger partial charge in [0.25, 0.3) is 5.91 Å². The van der Waals surface area contributed by atoms with Gasteiger partial charge >= 0.3 is 0 Å². The van der Waals surface area contributed by atoms with Crippen LogP contribution in [0.3, 0.4) is 0 Å². The van der Waals surface area contributed by atoms with Gasteiger partial charge in [0, 0.05) is 11.4 Å². The van der Waals surface area contributed by atoms with Crippen molar-refractivity contribution in [1.82, 2.24) is 0 Å². The van der Waals surface area contributed by atoms with Crippen molar-refractivity contribution >= 4 is 23.2 Å². The van der Waals surface area contributed by atoms with E-state index in [1.165, 1.54) is 0 Å². The van der Waals surface area contributed by atoms with Gasteiger partial charge in [-0.3, -0.25) is 9.59 Å². The minimum Gasteiger partial charge on any atom is -0.484 e. The third-order valence-electron chi connectivity index (χ3n) is 3.66. The van der Waals surface area contributed by atoms with Crippen LogP contribution < -0.4 is 21.1 Å². The maximum Gasteiger partial charge on any atom is 0.255 e. The normalized spacial score (nSPS) is 11.5. The maximum absolute atomic E-state index is 12.4. The van der Waals surface area contributed by atoms with E-state index in [2.05, 4.69) is 10.6 Å². The maximum atomic E-state index is 12.4. The quantitative estimate of drug-likeness (QED) is 0.721. The van der Waals surface area contributed by atoms with Crippen LogP contribution in [0.25, 0.3) is 0 Å². The van der Waals surface area contributed by atoms with Crippen LogP contribution in [-0.2, 0) is 9.59 Å². The number of amides is 2. The molecule has 2 rings (SSSR count). The van der Waals surface area contributed by atoms with E-state index in [1.807, 2.05) is 32.0 Å². The molecule has 0 spiro atoms. The Kier molecular flexibility index (Phi) is 6.00. The zero-order valence-electron chi connectivity index (χ0n) is 14.6. The largest absolute Gasteiger partial charge is 0.484 e. The molecule has 0 unspecified atom stereocenters. The topological polar surface area (TPSA) is 93.4 Å². The molecule has 2 aromatic carbocycles. The van der Waals surface area contributed by atoms with Gasteiger partial charge in [0.2, 0.25) is 5.91 Å². The van der Waals surface area contributed by atoms with Crippen molar-refractivity contribution in [3.63, 3.8) is 0 Å². The van der Waals surface area contributed by atoms with Crippen molar-refractivity contribution in [1.29, 1.82) is 0 Å². The van der Waals surface area contributed by atoms with E-state index in [0.717, 1.165) is 22.5 Å². The number of benzene rings is 2. The molecule has 0 aliphatic rings. The minimum atomic E-state index is -0.529. The molecule has 0 aromatic heterocycles. The summed E-state index contributed by atoms with van der Waals surface area (Å²) in [5.41, 5.74) is 8.73. The van der Waals surface area contributed by atoms with Crippen molar-refractivity contribution < 1.29 is 14.3 Å². The Bertz CT molecular complexity index is 757. The Morgan fingerprint density at radius 2 is 1.80 bits per heavy atom. The van der Waals surface area contributed by atoms with Gasteiger partial charge < -0.3 is 21.1 Å². The summed E-state index contributed by atoms with van der Waals surface area (Å²) in [6, 6.07) is 12.5. The van der Waals surface area contributed by atoms with Crippen LogP contribution in [0.1, 0.15) is 18.1 Å². The van der Waals surface area contributed by atoms with Crippen molar-refractivity contribution in [3.05, 3.63) is 53.6 Å². The zero-order chi connectivity index (χ0) is 18.4. The lowest BCUT2D eigenvalue weighted by Crippen LogP contribution is -2.32. The second-order valence-electron chi connectivity index (χ2n) is 5.95. The van der Waals surface area contributed by atoms with Gasteiger partial charge in [0.1, 0.15) is 11.8 Å². The molecule has 0 aliphatic carbocycles. The first-order chi connectivity index (χ1) is 11.8. The monoisotopic (exact) mass is 341 g/mol. The van der Waals surface area contributed by atoms with Crippen LogP contribution in [0.15, 0.2) is 42.5 Å². The number of aryl methyl sites for hydroxylation is 2. The van der Waals surface area contributed by atoms with Crippen molar-refractivity contribution in [2.45, 2.75) is 26.8 Å². The highest BCUT2D eigenvalue weighted by Gasteiger charge is 2.14. The number of nitrogens with one attached hydrogen (secondary N) is 2. The summed E-state index contributed by atoms with van der Waals surface area (Å²) in [6.07, 6.45) is 0. The second-order valence-corrected chi connectivity index (χ2v) is 5.95. The van der Waals surface area contributed by atoms with Crippen LogP contribution in [0.2, 0.25) is 0 Å². The first kappa shape index (κ1) is 18.3. The Labute approximate surface area is 147 Å². The van der Waals surface area contributed by atoms with Crippen LogP contribution in [0.5, 0.6) is 5.75 Å². The van der Waals surface area contributed by atoms with Crippen LogP contribution in [-0.4, -0.2) is 24.5 Å². The van der Waals surface area contributed by atoms with Gasteiger partial charge in [-0.15, -0.1) is 0 Å². The highest BCUT2D eigenvalue weighted by atomic mass is 16.5. The van der Waals surface area contributed by atoms with Gasteiger partial charge in [-0.1, -0.05) is 12.1 Å². The van der Waals surface area contributed by atoms with Gasteiger partial charge in [0.15, 0.2) is 6.61 Å². The number of ether oxygens (including phenoxy) is 1. The second kappa shape index (κ2) is 8.19. The molecule has 0 aliphatic heterocycles. The van der Waals surface area contributed by atoms with E-state index in [0.29, 0.717) is 5.75 Å². The van der Waals surface area contributed by atoms with Crippen LogP contribution in [0, 0.1) is 13.8 Å². The molecule has 0 radical (unpaired) electrons. The van der Waals surface area contributed by atoms with E-state index < -0.39 is 11.9 Å². The fourth-order valence-electron chi connectivity index (χ4n) is 2.23. The predicted molar refractivity (Wildman–Crippen MR) is 98.8 cm³/mol. The molecule has 0 saturated heterocycles. The van der Waals surface area contributed by atoms with E-state index in [1.54, 1.807) is 31.2 Å². The molecule has 2 amide bonds. The molecule has 6 heteroatoms. The summed E-state index contributed by atoms with van der Waals surface area (Å²) >= 11 is 0. The molecule has 0 bridgehead atoms. The van der Waals surface area contributed by atoms with E-state index in [4.69, 9.17) is 10.5 Å². The summed E-state index contributed by atoms with van der Waals surface area (Å²) in [4.78, 5) is 23.1. The summed E-state index contributed by atoms with van der Waals surface area (Å²) in [5.74, 6) is -0.112. The summed E-state index contributed by atoms with van der Waals surface area (Å²) in [6.45, 7) is 5.57. The molecule has 132 valence electrons. The highest BCUT2D eigenvalue weighted by molar-refractivity contribution is 5.96. The van der Waals surface area contributed by atoms with Crippen molar-refractivity contribution in [3.8, 4) is 5.75 Å². The lowest BCUT2D eigenvalue weighted by Gasteiger charge is -2.17. The Balaban J connectivity index is 1.94. The van der Waals surface area contributed by atoms with Gasteiger partial charge in [-0.2, -0.15) is 0 Å². The molecule has 0 heterocycles. The molecular formula is C19H23N3O3. The predicted octanol–water partition coefficient (Wildman–Crippen LogP) is 2.61. The van der Waals surface area contributed by atoms with E-state index >= 15 is 0 Å². The average molecular weight is 341 g/mol. The number of anilines is 2. The molecular weight excluding hydrogens is 318 g/mol. The molecule has 2 aromatic rings. The summed E-state index contributed by atoms with van der Waals surface area (Å²) < 4.78 is 5.20. The van der Waals surface area contributed by atoms with E-state index in [-0.39, 0.29) is 12.5 Å². The van der Waals surface area contributed by atoms with Gasteiger partial charge in [-0.05, 0) is 62.2 Å². The lowest BCUT2D eigenvalue weighted by atomic mass is 10.1. The number of rotatable bonds is 7. The molecule has 4 N–H and O–H groups in total. The lowest BCUT2D eigenvalue weighted by molar-refractivity contribution is -0.120.